The lowest BCUT2D eigenvalue weighted by Gasteiger charge is -2.26. The van der Waals surface area contributed by atoms with Gasteiger partial charge in [-0.05, 0) is 68.5 Å². The van der Waals surface area contributed by atoms with Crippen LogP contribution in [0.5, 0.6) is 0 Å². The fraction of sp³-hybridized carbons (Fsp3) is 0.435. The summed E-state index contributed by atoms with van der Waals surface area (Å²) in [6, 6.07) is 10.7. The van der Waals surface area contributed by atoms with Crippen LogP contribution in [-0.2, 0) is 20.0 Å². The van der Waals surface area contributed by atoms with E-state index in [0.29, 0.717) is 37.4 Å². The number of piperidine rings is 1. The van der Waals surface area contributed by atoms with E-state index in [1.807, 2.05) is 0 Å². The first-order valence-electron chi connectivity index (χ1n) is 11.2. The number of nitrogens with one attached hydrogen (secondary N) is 1. The average molecular weight is 492 g/mol. The first-order chi connectivity index (χ1) is 15.7. The van der Waals surface area contributed by atoms with E-state index < -0.39 is 26.0 Å². The average Bonchev–Trinajstić information content (AvgIpc) is 3.36. The summed E-state index contributed by atoms with van der Waals surface area (Å²) in [5.41, 5.74) is 1.11. The fourth-order valence-electron chi connectivity index (χ4n) is 4.28. The van der Waals surface area contributed by atoms with Gasteiger partial charge in [-0.1, -0.05) is 18.6 Å². The number of carbonyl (C=O) groups is 1. The lowest BCUT2D eigenvalue weighted by molar-refractivity contribution is 0.102. The molecule has 2 aliphatic rings. The van der Waals surface area contributed by atoms with E-state index >= 15 is 0 Å². The fourth-order valence-corrected chi connectivity index (χ4v) is 7.61. The minimum Gasteiger partial charge on any atom is -0.322 e. The Morgan fingerprint density at radius 1 is 0.788 bits per heavy atom. The Morgan fingerprint density at radius 3 is 2.06 bits per heavy atom. The van der Waals surface area contributed by atoms with Gasteiger partial charge in [0.15, 0.2) is 0 Å². The van der Waals surface area contributed by atoms with Gasteiger partial charge in [-0.25, -0.2) is 16.8 Å². The van der Waals surface area contributed by atoms with Gasteiger partial charge >= 0.3 is 0 Å². The van der Waals surface area contributed by atoms with Gasteiger partial charge in [0.05, 0.1) is 9.79 Å². The van der Waals surface area contributed by atoms with E-state index in [9.17, 15) is 21.6 Å². The van der Waals surface area contributed by atoms with Gasteiger partial charge in [0.2, 0.25) is 20.0 Å². The van der Waals surface area contributed by atoms with Gasteiger partial charge in [0.25, 0.3) is 5.91 Å². The number of anilines is 1. The lowest BCUT2D eigenvalue weighted by Crippen LogP contribution is -2.36. The lowest BCUT2D eigenvalue weighted by atomic mass is 10.1. The van der Waals surface area contributed by atoms with E-state index in [4.69, 9.17) is 0 Å². The number of nitrogens with zero attached hydrogens (tertiary/aromatic N) is 2. The zero-order valence-electron chi connectivity index (χ0n) is 18.7. The molecule has 1 N–H and O–H groups in total. The summed E-state index contributed by atoms with van der Waals surface area (Å²) in [5, 5.41) is 2.71. The maximum atomic E-state index is 13.1. The molecule has 178 valence electrons. The highest BCUT2D eigenvalue weighted by molar-refractivity contribution is 7.89. The minimum atomic E-state index is -3.69. The third-order valence-electron chi connectivity index (χ3n) is 6.18. The summed E-state index contributed by atoms with van der Waals surface area (Å²) in [7, 11) is -7.30. The zero-order chi connectivity index (χ0) is 23.6. The summed E-state index contributed by atoms with van der Waals surface area (Å²) in [6.45, 7) is 3.67. The molecule has 0 bridgehead atoms. The molecule has 0 aliphatic carbocycles. The Morgan fingerprint density at radius 2 is 1.39 bits per heavy atom. The van der Waals surface area contributed by atoms with Gasteiger partial charge in [0.1, 0.15) is 0 Å². The highest BCUT2D eigenvalue weighted by Gasteiger charge is 2.29. The largest absolute Gasteiger partial charge is 0.322 e. The second kappa shape index (κ2) is 9.54. The molecule has 4 rings (SSSR count). The predicted molar refractivity (Wildman–Crippen MR) is 126 cm³/mol. The number of rotatable bonds is 6. The molecule has 2 aromatic rings. The van der Waals surface area contributed by atoms with Gasteiger partial charge in [-0.3, -0.25) is 4.79 Å². The molecule has 10 heteroatoms. The standard InChI is InChI=1S/C23H29N3O5S2/c1-18-10-11-19(16-22(18)33(30,31)26-12-3-2-4-13-26)23(27)24-20-8-7-9-21(17-20)32(28,29)25-14-5-6-15-25/h7-11,16-17H,2-6,12-15H2,1H3,(H,24,27). The van der Waals surface area contributed by atoms with Gasteiger partial charge < -0.3 is 5.32 Å². The zero-order valence-corrected chi connectivity index (χ0v) is 20.3. The van der Waals surface area contributed by atoms with Crippen molar-refractivity contribution in [1.82, 2.24) is 8.61 Å². The van der Waals surface area contributed by atoms with Crippen LogP contribution in [0.15, 0.2) is 52.3 Å². The molecule has 8 nitrogen and oxygen atoms in total. The molecule has 0 radical (unpaired) electrons. The summed E-state index contributed by atoms with van der Waals surface area (Å²) in [5.74, 6) is -0.499. The van der Waals surface area contributed by atoms with Crippen molar-refractivity contribution in [3.05, 3.63) is 53.6 Å². The third kappa shape index (κ3) is 4.98. The Hall–Kier alpha value is -2.27. The second-order valence-electron chi connectivity index (χ2n) is 8.54. The molecule has 0 atom stereocenters. The molecule has 2 aliphatic heterocycles. The topological polar surface area (TPSA) is 104 Å². The van der Waals surface area contributed by atoms with Crippen LogP contribution in [0.1, 0.15) is 48.0 Å². The van der Waals surface area contributed by atoms with E-state index in [1.165, 1.54) is 26.8 Å². The number of hydrogen-bond acceptors (Lipinski definition) is 5. The van der Waals surface area contributed by atoms with Crippen LogP contribution in [0.4, 0.5) is 5.69 Å². The molecule has 2 saturated heterocycles. The molecule has 0 saturated carbocycles. The molecule has 2 fully saturated rings. The van der Waals surface area contributed by atoms with E-state index in [1.54, 1.807) is 31.2 Å². The maximum Gasteiger partial charge on any atom is 0.255 e. The minimum absolute atomic E-state index is 0.125. The third-order valence-corrected chi connectivity index (χ3v) is 10.1. The SMILES string of the molecule is Cc1ccc(C(=O)Nc2cccc(S(=O)(=O)N3CCCC3)c2)cc1S(=O)(=O)N1CCCCC1. The van der Waals surface area contributed by atoms with E-state index in [-0.39, 0.29) is 15.4 Å². The molecule has 0 aromatic heterocycles. The summed E-state index contributed by atoms with van der Waals surface area (Å²) in [6.07, 6.45) is 4.35. The number of hydrogen-bond donors (Lipinski definition) is 1. The van der Waals surface area contributed by atoms with Crippen molar-refractivity contribution >= 4 is 31.6 Å². The van der Waals surface area contributed by atoms with Crippen LogP contribution < -0.4 is 5.32 Å². The Labute approximate surface area is 195 Å². The van der Waals surface area contributed by atoms with Gasteiger partial charge in [0, 0.05) is 37.4 Å². The van der Waals surface area contributed by atoms with Crippen molar-refractivity contribution in [2.75, 3.05) is 31.5 Å². The Balaban J connectivity index is 1.57. The molecule has 0 unspecified atom stereocenters. The van der Waals surface area contributed by atoms with Gasteiger partial charge in [-0.15, -0.1) is 0 Å². The molecule has 2 heterocycles. The molecule has 2 aromatic carbocycles. The molecule has 0 spiro atoms. The van der Waals surface area contributed by atoms with Crippen LogP contribution in [0, 0.1) is 6.92 Å². The van der Waals surface area contributed by atoms with Crippen LogP contribution in [0.2, 0.25) is 0 Å². The van der Waals surface area contributed by atoms with Crippen LogP contribution >= 0.6 is 0 Å². The molecular formula is C23H29N3O5S2. The predicted octanol–water partition coefficient (Wildman–Crippen LogP) is 3.21. The molecular weight excluding hydrogens is 462 g/mol. The van der Waals surface area contributed by atoms with Crippen LogP contribution in [-0.4, -0.2) is 57.5 Å². The molecule has 33 heavy (non-hydrogen) atoms. The van der Waals surface area contributed by atoms with Gasteiger partial charge in [-0.2, -0.15) is 8.61 Å². The summed E-state index contributed by atoms with van der Waals surface area (Å²) in [4.78, 5) is 13.2. The van der Waals surface area contributed by atoms with Crippen LogP contribution in [0.25, 0.3) is 0 Å². The van der Waals surface area contributed by atoms with Crippen LogP contribution in [0.3, 0.4) is 0 Å². The Kier molecular flexibility index (Phi) is 6.90. The summed E-state index contributed by atoms with van der Waals surface area (Å²) >= 11 is 0. The normalized spacial score (nSPS) is 18.3. The smallest absolute Gasteiger partial charge is 0.255 e. The quantitative estimate of drug-likeness (QED) is 0.668. The summed E-state index contributed by atoms with van der Waals surface area (Å²) < 4.78 is 54.9. The monoisotopic (exact) mass is 491 g/mol. The Bertz CT molecular complexity index is 1250. The number of sulfonamides is 2. The maximum absolute atomic E-state index is 13.1. The van der Waals surface area contributed by atoms with Crippen molar-refractivity contribution < 1.29 is 21.6 Å². The molecule has 1 amide bonds. The first-order valence-corrected chi connectivity index (χ1v) is 14.1. The van der Waals surface area contributed by atoms with Crippen molar-refractivity contribution in [3.63, 3.8) is 0 Å². The number of amides is 1. The number of aryl methyl sites for hydroxylation is 1. The van der Waals surface area contributed by atoms with Crippen molar-refractivity contribution in [2.45, 2.75) is 48.8 Å². The van der Waals surface area contributed by atoms with E-state index in [0.717, 1.165) is 32.1 Å². The number of benzene rings is 2. The highest BCUT2D eigenvalue weighted by Crippen LogP contribution is 2.26. The van der Waals surface area contributed by atoms with Crippen molar-refractivity contribution in [3.8, 4) is 0 Å². The second-order valence-corrected chi connectivity index (χ2v) is 12.4. The van der Waals surface area contributed by atoms with Crippen molar-refractivity contribution in [1.29, 1.82) is 0 Å². The van der Waals surface area contributed by atoms with Crippen molar-refractivity contribution in [2.24, 2.45) is 0 Å². The van der Waals surface area contributed by atoms with E-state index in [2.05, 4.69) is 5.32 Å². The first kappa shape index (κ1) is 23.9. The highest BCUT2D eigenvalue weighted by atomic mass is 32.2. The number of carbonyl (C=O) groups excluding carboxylic acids is 1.